The molecule has 10 nitrogen and oxygen atoms in total. The molecule has 0 heterocycles. The maximum Gasteiger partial charge on any atom is 0.339 e. The summed E-state index contributed by atoms with van der Waals surface area (Å²) < 4.78 is 4.98. The third-order valence-corrected chi connectivity index (χ3v) is 4.95. The number of anilines is 1. The van der Waals surface area contributed by atoms with E-state index >= 15 is 0 Å². The first-order chi connectivity index (χ1) is 14.9. The lowest BCUT2D eigenvalue weighted by molar-refractivity contribution is -0.395. The van der Waals surface area contributed by atoms with E-state index in [4.69, 9.17) is 4.74 Å². The van der Waals surface area contributed by atoms with Crippen LogP contribution in [-0.2, 0) is 9.53 Å². The normalized spacial score (nSPS) is 10.8. The summed E-state index contributed by atoms with van der Waals surface area (Å²) in [5, 5.41) is 25.1. The van der Waals surface area contributed by atoms with Crippen LogP contribution < -0.4 is 5.32 Å². The molecular formula is C22H25N3O7. The number of amides is 1. The van der Waals surface area contributed by atoms with Crippen molar-refractivity contribution in [1.82, 2.24) is 0 Å². The molecule has 0 aliphatic heterocycles. The van der Waals surface area contributed by atoms with Crippen LogP contribution in [0.5, 0.6) is 0 Å². The molecule has 0 unspecified atom stereocenters. The molecule has 2 aromatic rings. The van der Waals surface area contributed by atoms with Gasteiger partial charge >= 0.3 is 5.97 Å². The molecule has 0 aromatic heterocycles. The number of nitrogens with zero attached hydrogens (tertiary/aromatic N) is 2. The zero-order valence-electron chi connectivity index (χ0n) is 18.5. The largest absolute Gasteiger partial charge is 0.452 e. The van der Waals surface area contributed by atoms with Gasteiger partial charge < -0.3 is 10.1 Å². The molecule has 0 aliphatic carbocycles. The number of hydrogen-bond acceptors (Lipinski definition) is 7. The van der Waals surface area contributed by atoms with Crippen molar-refractivity contribution in [2.45, 2.75) is 46.5 Å². The van der Waals surface area contributed by atoms with Gasteiger partial charge in [-0.2, -0.15) is 0 Å². The van der Waals surface area contributed by atoms with Crippen LogP contribution in [0.1, 0.15) is 66.6 Å². The van der Waals surface area contributed by atoms with Gasteiger partial charge in [-0.15, -0.1) is 0 Å². The van der Waals surface area contributed by atoms with Crippen LogP contribution in [0.15, 0.2) is 30.3 Å². The highest BCUT2D eigenvalue weighted by Crippen LogP contribution is 2.32. The van der Waals surface area contributed by atoms with Crippen molar-refractivity contribution in [2.75, 3.05) is 11.9 Å². The molecule has 0 radical (unpaired) electrons. The third kappa shape index (κ3) is 5.45. The van der Waals surface area contributed by atoms with Crippen LogP contribution in [0.4, 0.5) is 17.1 Å². The van der Waals surface area contributed by atoms with E-state index in [0.29, 0.717) is 5.69 Å². The minimum atomic E-state index is -1.08. The number of hydrogen-bond donors (Lipinski definition) is 1. The molecule has 2 rings (SSSR count). The van der Waals surface area contributed by atoms with E-state index in [-0.39, 0.29) is 23.0 Å². The van der Waals surface area contributed by atoms with E-state index in [1.807, 2.05) is 45.9 Å². The Balaban J connectivity index is 2.23. The predicted molar refractivity (Wildman–Crippen MR) is 118 cm³/mol. The van der Waals surface area contributed by atoms with Crippen molar-refractivity contribution in [3.63, 3.8) is 0 Å². The van der Waals surface area contributed by atoms with Crippen LogP contribution in [0.3, 0.4) is 0 Å². The SMILES string of the molecule is Cc1c([N+](=O)[O-])cc(C(=O)OCC(=O)Nc2c(C(C)C)cccc2C(C)C)cc1[N+](=O)[O-]. The Bertz CT molecular complexity index is 1020. The standard InChI is InChI=1S/C22H25N3O7/c1-12(2)16-7-6-8-17(13(3)4)21(16)23-20(26)11-32-22(27)15-9-18(24(28)29)14(5)19(10-15)25(30)31/h6-10,12-13H,11H2,1-5H3,(H,23,26). The van der Waals surface area contributed by atoms with Gasteiger partial charge in [0.2, 0.25) is 0 Å². The van der Waals surface area contributed by atoms with E-state index < -0.39 is 39.7 Å². The molecule has 0 saturated heterocycles. The molecule has 0 saturated carbocycles. The van der Waals surface area contributed by atoms with Crippen molar-refractivity contribution in [1.29, 1.82) is 0 Å². The van der Waals surface area contributed by atoms with Crippen molar-refractivity contribution in [3.05, 3.63) is 72.8 Å². The van der Waals surface area contributed by atoms with Crippen LogP contribution in [-0.4, -0.2) is 28.3 Å². The fourth-order valence-electron chi connectivity index (χ4n) is 3.27. The molecule has 0 spiro atoms. The summed E-state index contributed by atoms with van der Waals surface area (Å²) in [4.78, 5) is 45.6. The molecule has 0 fully saturated rings. The fraction of sp³-hybridized carbons (Fsp3) is 0.364. The topological polar surface area (TPSA) is 142 Å². The zero-order valence-corrected chi connectivity index (χ0v) is 18.5. The third-order valence-electron chi connectivity index (χ3n) is 4.95. The summed E-state index contributed by atoms with van der Waals surface area (Å²) in [6, 6.07) is 7.52. The first kappa shape index (κ1) is 24.4. The van der Waals surface area contributed by atoms with Crippen LogP contribution >= 0.6 is 0 Å². The zero-order chi connectivity index (χ0) is 24.2. The number of nitro benzene ring substituents is 2. The van der Waals surface area contributed by atoms with E-state index in [9.17, 15) is 29.8 Å². The van der Waals surface area contributed by atoms with E-state index in [2.05, 4.69) is 5.32 Å². The Kier molecular flexibility index (Phi) is 7.63. The minimum absolute atomic E-state index is 0.139. The Hall–Kier alpha value is -3.82. The molecule has 0 atom stereocenters. The second kappa shape index (κ2) is 9.99. The molecule has 1 N–H and O–H groups in total. The fourth-order valence-corrected chi connectivity index (χ4v) is 3.27. The molecule has 0 aliphatic rings. The van der Waals surface area contributed by atoms with Gasteiger partial charge in [0, 0.05) is 17.8 Å². The Labute approximate surface area is 184 Å². The first-order valence-electron chi connectivity index (χ1n) is 9.97. The lowest BCUT2D eigenvalue weighted by Gasteiger charge is -2.20. The maximum absolute atomic E-state index is 12.5. The van der Waals surface area contributed by atoms with E-state index in [1.54, 1.807) is 0 Å². The number of esters is 1. The number of carbonyl (C=O) groups is 2. The summed E-state index contributed by atoms with van der Waals surface area (Å²) >= 11 is 0. The highest BCUT2D eigenvalue weighted by atomic mass is 16.6. The molecule has 0 bridgehead atoms. The lowest BCUT2D eigenvalue weighted by Crippen LogP contribution is -2.23. The second-order valence-electron chi connectivity index (χ2n) is 7.90. The minimum Gasteiger partial charge on any atom is -0.452 e. The molecule has 170 valence electrons. The number of nitro groups is 2. The second-order valence-corrected chi connectivity index (χ2v) is 7.90. The summed E-state index contributed by atoms with van der Waals surface area (Å²) in [7, 11) is 0. The van der Waals surface area contributed by atoms with Gasteiger partial charge in [-0.25, -0.2) is 4.79 Å². The Morgan fingerprint density at radius 1 is 0.969 bits per heavy atom. The summed E-state index contributed by atoms with van der Waals surface area (Å²) in [5.41, 5.74) is 0.792. The molecular weight excluding hydrogens is 418 g/mol. The highest BCUT2D eigenvalue weighted by Gasteiger charge is 2.26. The summed E-state index contributed by atoms with van der Waals surface area (Å²) in [6.07, 6.45) is 0. The number of para-hydroxylation sites is 1. The van der Waals surface area contributed by atoms with Gasteiger partial charge in [-0.1, -0.05) is 45.9 Å². The smallest absolute Gasteiger partial charge is 0.339 e. The van der Waals surface area contributed by atoms with E-state index in [0.717, 1.165) is 23.3 Å². The molecule has 2 aromatic carbocycles. The average molecular weight is 443 g/mol. The maximum atomic E-state index is 12.5. The lowest BCUT2D eigenvalue weighted by atomic mass is 9.92. The van der Waals surface area contributed by atoms with Gasteiger partial charge in [-0.05, 0) is 29.9 Å². The molecule has 32 heavy (non-hydrogen) atoms. The molecule has 10 heteroatoms. The number of nitrogens with one attached hydrogen (secondary N) is 1. The summed E-state index contributed by atoms with van der Waals surface area (Å²) in [5.74, 6) is -1.39. The summed E-state index contributed by atoms with van der Waals surface area (Å²) in [6.45, 7) is 8.53. The van der Waals surface area contributed by atoms with Crippen molar-refractivity contribution in [3.8, 4) is 0 Å². The van der Waals surface area contributed by atoms with E-state index in [1.165, 1.54) is 6.92 Å². The van der Waals surface area contributed by atoms with Crippen molar-refractivity contribution in [2.24, 2.45) is 0 Å². The molecule has 1 amide bonds. The average Bonchev–Trinajstić information content (AvgIpc) is 2.71. The number of benzene rings is 2. The van der Waals surface area contributed by atoms with Crippen molar-refractivity contribution < 1.29 is 24.2 Å². The van der Waals surface area contributed by atoms with Gasteiger partial charge in [0.15, 0.2) is 6.61 Å². The van der Waals surface area contributed by atoms with Crippen LogP contribution in [0.2, 0.25) is 0 Å². The monoisotopic (exact) mass is 443 g/mol. The van der Waals surface area contributed by atoms with Gasteiger partial charge in [0.25, 0.3) is 17.3 Å². The van der Waals surface area contributed by atoms with Gasteiger partial charge in [0.1, 0.15) is 5.56 Å². The van der Waals surface area contributed by atoms with Crippen LogP contribution in [0, 0.1) is 27.2 Å². The van der Waals surface area contributed by atoms with Gasteiger partial charge in [-0.3, -0.25) is 25.0 Å². The number of rotatable bonds is 8. The van der Waals surface area contributed by atoms with Gasteiger partial charge in [0.05, 0.1) is 15.4 Å². The quantitative estimate of drug-likeness (QED) is 0.349. The number of ether oxygens (including phenoxy) is 1. The first-order valence-corrected chi connectivity index (χ1v) is 9.97. The predicted octanol–water partition coefficient (Wildman–Crippen LogP) is 4.85. The number of carbonyl (C=O) groups excluding carboxylic acids is 2. The van der Waals surface area contributed by atoms with Crippen LogP contribution in [0.25, 0.3) is 0 Å². The Morgan fingerprint density at radius 2 is 1.44 bits per heavy atom. The van der Waals surface area contributed by atoms with Crippen molar-refractivity contribution >= 4 is 28.9 Å². The Morgan fingerprint density at radius 3 is 1.84 bits per heavy atom. The highest BCUT2D eigenvalue weighted by molar-refractivity contribution is 5.97.